The van der Waals surface area contributed by atoms with E-state index >= 15 is 0 Å². The molecule has 0 aliphatic rings. The SMILES string of the molecule is CCCN(C(=O)c1cc(S(N)(=O)=O)cn1CCC)C(C)C. The minimum absolute atomic E-state index is 0.0143. The van der Waals surface area contributed by atoms with Gasteiger partial charge in [-0.25, -0.2) is 13.6 Å². The Morgan fingerprint density at radius 3 is 2.38 bits per heavy atom. The lowest BCUT2D eigenvalue weighted by Gasteiger charge is -2.26. The van der Waals surface area contributed by atoms with E-state index in [0.29, 0.717) is 18.8 Å². The van der Waals surface area contributed by atoms with Gasteiger partial charge in [0.05, 0.1) is 0 Å². The Balaban J connectivity index is 3.26. The molecule has 0 saturated carbocycles. The third-order valence-electron chi connectivity index (χ3n) is 3.23. The molecule has 1 aromatic heterocycles. The molecule has 2 N–H and O–H groups in total. The Morgan fingerprint density at radius 2 is 1.95 bits per heavy atom. The molecule has 120 valence electrons. The Kier molecular flexibility index (Phi) is 5.98. The number of carbonyl (C=O) groups excluding carboxylic acids is 1. The van der Waals surface area contributed by atoms with Gasteiger partial charge in [0.2, 0.25) is 10.0 Å². The second-order valence-electron chi connectivity index (χ2n) is 5.39. The predicted molar refractivity (Wildman–Crippen MR) is 82.6 cm³/mol. The van der Waals surface area contributed by atoms with Crippen LogP contribution in [0.3, 0.4) is 0 Å². The van der Waals surface area contributed by atoms with Crippen molar-refractivity contribution in [2.45, 2.75) is 58.0 Å². The molecule has 1 rings (SSSR count). The van der Waals surface area contributed by atoms with Crippen molar-refractivity contribution in [2.75, 3.05) is 6.54 Å². The zero-order valence-corrected chi connectivity index (χ0v) is 14.0. The summed E-state index contributed by atoms with van der Waals surface area (Å²) in [6.07, 6.45) is 3.09. The maximum atomic E-state index is 12.7. The average molecular weight is 315 g/mol. The summed E-state index contributed by atoms with van der Waals surface area (Å²) in [6.45, 7) is 9.08. The Hall–Kier alpha value is -1.34. The highest BCUT2D eigenvalue weighted by atomic mass is 32.2. The van der Waals surface area contributed by atoms with Crippen molar-refractivity contribution >= 4 is 15.9 Å². The summed E-state index contributed by atoms with van der Waals surface area (Å²) >= 11 is 0. The first-order chi connectivity index (χ1) is 9.72. The van der Waals surface area contributed by atoms with E-state index in [1.165, 1.54) is 12.3 Å². The van der Waals surface area contributed by atoms with Gasteiger partial charge in [0.25, 0.3) is 5.91 Å². The van der Waals surface area contributed by atoms with E-state index < -0.39 is 10.0 Å². The van der Waals surface area contributed by atoms with Crippen LogP contribution >= 0.6 is 0 Å². The molecule has 0 bridgehead atoms. The lowest BCUT2D eigenvalue weighted by atomic mass is 10.2. The zero-order chi connectivity index (χ0) is 16.2. The van der Waals surface area contributed by atoms with Gasteiger partial charge in [-0.3, -0.25) is 4.79 Å². The van der Waals surface area contributed by atoms with E-state index in [-0.39, 0.29) is 16.8 Å². The van der Waals surface area contributed by atoms with Crippen molar-refractivity contribution in [1.82, 2.24) is 9.47 Å². The van der Waals surface area contributed by atoms with Crippen molar-refractivity contribution in [3.05, 3.63) is 18.0 Å². The van der Waals surface area contributed by atoms with Crippen molar-refractivity contribution in [3.63, 3.8) is 0 Å². The van der Waals surface area contributed by atoms with Gasteiger partial charge in [-0.05, 0) is 32.8 Å². The second-order valence-corrected chi connectivity index (χ2v) is 6.95. The quantitative estimate of drug-likeness (QED) is 0.832. The van der Waals surface area contributed by atoms with Gasteiger partial charge in [0.15, 0.2) is 0 Å². The summed E-state index contributed by atoms with van der Waals surface area (Å²) in [5.41, 5.74) is 0.378. The fourth-order valence-corrected chi connectivity index (χ4v) is 2.78. The molecular formula is C14H25N3O3S. The van der Waals surface area contributed by atoms with Gasteiger partial charge in [0.1, 0.15) is 10.6 Å². The monoisotopic (exact) mass is 315 g/mol. The number of carbonyl (C=O) groups is 1. The highest BCUT2D eigenvalue weighted by Crippen LogP contribution is 2.17. The molecule has 6 nitrogen and oxygen atoms in total. The number of rotatable bonds is 7. The molecule has 0 atom stereocenters. The molecular weight excluding hydrogens is 290 g/mol. The van der Waals surface area contributed by atoms with Gasteiger partial charge in [-0.15, -0.1) is 0 Å². The topological polar surface area (TPSA) is 85.4 Å². The summed E-state index contributed by atoms with van der Waals surface area (Å²) < 4.78 is 24.7. The summed E-state index contributed by atoms with van der Waals surface area (Å²) in [5.74, 6) is -0.157. The minimum Gasteiger partial charge on any atom is -0.342 e. The number of amides is 1. The van der Waals surface area contributed by atoms with Crippen molar-refractivity contribution in [2.24, 2.45) is 5.14 Å². The molecule has 0 saturated heterocycles. The molecule has 0 aliphatic heterocycles. The lowest BCUT2D eigenvalue weighted by molar-refractivity contribution is 0.0694. The third-order valence-corrected chi connectivity index (χ3v) is 4.11. The number of sulfonamides is 1. The van der Waals surface area contributed by atoms with Crippen LogP contribution < -0.4 is 5.14 Å². The van der Waals surface area contributed by atoms with Crippen LogP contribution in [0.2, 0.25) is 0 Å². The van der Waals surface area contributed by atoms with Crippen LogP contribution in [0.15, 0.2) is 17.2 Å². The maximum absolute atomic E-state index is 12.7. The molecule has 0 spiro atoms. The third kappa shape index (κ3) is 4.31. The molecule has 7 heteroatoms. The van der Waals surface area contributed by atoms with E-state index in [1.807, 2.05) is 27.7 Å². The average Bonchev–Trinajstić information content (AvgIpc) is 2.79. The van der Waals surface area contributed by atoms with Crippen LogP contribution in [-0.4, -0.2) is 36.4 Å². The van der Waals surface area contributed by atoms with Crippen LogP contribution in [0.5, 0.6) is 0 Å². The molecule has 1 heterocycles. The standard InChI is InChI=1S/C14H25N3O3S/c1-5-7-16-10-12(21(15,19)20)9-13(16)14(18)17(8-6-2)11(3)4/h9-11H,5-8H2,1-4H3,(H2,15,19,20). The molecule has 0 radical (unpaired) electrons. The predicted octanol–water partition coefficient (Wildman–Crippen LogP) is 1.81. The Bertz CT molecular complexity index is 591. The summed E-state index contributed by atoms with van der Waals surface area (Å²) in [7, 11) is -3.81. The number of hydrogen-bond acceptors (Lipinski definition) is 3. The van der Waals surface area contributed by atoms with E-state index in [4.69, 9.17) is 5.14 Å². The van der Waals surface area contributed by atoms with E-state index in [2.05, 4.69) is 0 Å². The molecule has 0 aliphatic carbocycles. The summed E-state index contributed by atoms with van der Waals surface area (Å²) in [4.78, 5) is 14.4. The first-order valence-corrected chi connectivity index (χ1v) is 8.80. The van der Waals surface area contributed by atoms with Crippen LogP contribution in [0, 0.1) is 0 Å². The second kappa shape index (κ2) is 7.09. The maximum Gasteiger partial charge on any atom is 0.270 e. The number of hydrogen-bond donors (Lipinski definition) is 1. The molecule has 1 aromatic rings. The number of primary sulfonamides is 1. The van der Waals surface area contributed by atoms with E-state index in [9.17, 15) is 13.2 Å². The van der Waals surface area contributed by atoms with Gasteiger partial charge in [0, 0.05) is 25.3 Å². The number of aromatic nitrogens is 1. The summed E-state index contributed by atoms with van der Waals surface area (Å²) in [6, 6.07) is 1.43. The lowest BCUT2D eigenvalue weighted by Crippen LogP contribution is -2.38. The van der Waals surface area contributed by atoms with Crippen LogP contribution in [0.25, 0.3) is 0 Å². The van der Waals surface area contributed by atoms with Gasteiger partial charge in [-0.2, -0.15) is 0 Å². The first-order valence-electron chi connectivity index (χ1n) is 7.26. The number of aryl methyl sites for hydroxylation is 1. The smallest absolute Gasteiger partial charge is 0.270 e. The first kappa shape index (κ1) is 17.7. The van der Waals surface area contributed by atoms with E-state index in [1.54, 1.807) is 9.47 Å². The van der Waals surface area contributed by atoms with Gasteiger partial charge in [-0.1, -0.05) is 13.8 Å². The fourth-order valence-electron chi connectivity index (χ4n) is 2.23. The molecule has 0 aromatic carbocycles. The van der Waals surface area contributed by atoms with Crippen LogP contribution in [0.4, 0.5) is 0 Å². The number of nitrogens with zero attached hydrogens (tertiary/aromatic N) is 2. The van der Waals surface area contributed by atoms with Gasteiger partial charge >= 0.3 is 0 Å². The van der Waals surface area contributed by atoms with Crippen molar-refractivity contribution < 1.29 is 13.2 Å². The van der Waals surface area contributed by atoms with Crippen LogP contribution in [0.1, 0.15) is 51.0 Å². The normalized spacial score (nSPS) is 11.9. The van der Waals surface area contributed by atoms with Crippen LogP contribution in [-0.2, 0) is 16.6 Å². The molecule has 1 amide bonds. The highest BCUT2D eigenvalue weighted by Gasteiger charge is 2.24. The van der Waals surface area contributed by atoms with Gasteiger partial charge < -0.3 is 9.47 Å². The summed E-state index contributed by atoms with van der Waals surface area (Å²) in [5, 5.41) is 5.16. The van der Waals surface area contributed by atoms with Crippen molar-refractivity contribution in [3.8, 4) is 0 Å². The zero-order valence-electron chi connectivity index (χ0n) is 13.2. The number of nitrogens with two attached hydrogens (primary N) is 1. The fraction of sp³-hybridized carbons (Fsp3) is 0.643. The van der Waals surface area contributed by atoms with Crippen molar-refractivity contribution in [1.29, 1.82) is 0 Å². The molecule has 0 fully saturated rings. The highest BCUT2D eigenvalue weighted by molar-refractivity contribution is 7.89. The largest absolute Gasteiger partial charge is 0.342 e. The Morgan fingerprint density at radius 1 is 1.33 bits per heavy atom. The minimum atomic E-state index is -3.81. The molecule has 0 unspecified atom stereocenters. The molecule has 21 heavy (non-hydrogen) atoms. The Labute approximate surface area is 127 Å². The van der Waals surface area contributed by atoms with E-state index in [0.717, 1.165) is 12.8 Å².